The van der Waals surface area contributed by atoms with Gasteiger partial charge in [-0.25, -0.2) is 0 Å². The van der Waals surface area contributed by atoms with E-state index in [1.54, 1.807) is 37.3 Å². The van der Waals surface area contributed by atoms with E-state index in [1.165, 1.54) is 28.8 Å². The summed E-state index contributed by atoms with van der Waals surface area (Å²) in [5.41, 5.74) is 1.52. The van der Waals surface area contributed by atoms with E-state index in [2.05, 4.69) is 6.58 Å². The fourth-order valence-corrected chi connectivity index (χ4v) is 3.78. The smallest absolute Gasteiger partial charge is 0.269 e. The third kappa shape index (κ3) is 3.47. The highest BCUT2D eigenvalue weighted by atomic mass is 32.2. The minimum Gasteiger partial charge on any atom is -0.457 e. The normalized spacial score (nSPS) is 15.7. The maximum absolute atomic E-state index is 12.3. The zero-order chi connectivity index (χ0) is 18.8. The second kappa shape index (κ2) is 7.27. The number of nitrogens with zero attached hydrogens (tertiary/aromatic N) is 2. The molecule has 1 fully saturated rings. The first kappa shape index (κ1) is 18.1. The molecule has 0 N–H and O–H groups in total. The number of rotatable bonds is 5. The molecule has 1 aromatic carbocycles. The van der Waals surface area contributed by atoms with Crippen molar-refractivity contribution in [1.29, 1.82) is 0 Å². The number of nitro benzene ring substituents is 1. The monoisotopic (exact) mass is 386 g/mol. The fourth-order valence-electron chi connectivity index (χ4n) is 2.53. The molecule has 2 aromatic rings. The third-order valence-electron chi connectivity index (χ3n) is 3.77. The number of thioether (sulfide) groups is 1. The minimum atomic E-state index is -0.435. The fraction of sp³-hybridized carbons (Fsp3) is 0.111. The van der Waals surface area contributed by atoms with Crippen LogP contribution in [0.25, 0.3) is 17.4 Å². The molecule has 1 aliphatic rings. The van der Waals surface area contributed by atoms with E-state index in [0.29, 0.717) is 27.3 Å². The Morgan fingerprint density at radius 3 is 2.81 bits per heavy atom. The van der Waals surface area contributed by atoms with Gasteiger partial charge in [0, 0.05) is 30.3 Å². The number of amides is 1. The van der Waals surface area contributed by atoms with Gasteiger partial charge in [0.1, 0.15) is 15.8 Å². The van der Waals surface area contributed by atoms with Crippen LogP contribution in [0.3, 0.4) is 0 Å². The number of aryl methyl sites for hydroxylation is 1. The summed E-state index contributed by atoms with van der Waals surface area (Å²) in [6.45, 7) is 5.77. The number of nitro groups is 1. The van der Waals surface area contributed by atoms with Gasteiger partial charge in [-0.15, -0.1) is 6.58 Å². The molecule has 2 heterocycles. The summed E-state index contributed by atoms with van der Waals surface area (Å²) in [6, 6.07) is 8.10. The van der Waals surface area contributed by atoms with Crippen LogP contribution in [0.15, 0.2) is 52.3 Å². The Hall–Kier alpha value is -2.71. The van der Waals surface area contributed by atoms with E-state index < -0.39 is 4.92 Å². The van der Waals surface area contributed by atoms with Crippen molar-refractivity contribution in [2.24, 2.45) is 0 Å². The van der Waals surface area contributed by atoms with Crippen molar-refractivity contribution in [1.82, 2.24) is 4.90 Å². The van der Waals surface area contributed by atoms with Gasteiger partial charge >= 0.3 is 0 Å². The molecule has 0 saturated carbocycles. The molecule has 1 saturated heterocycles. The predicted molar refractivity (Wildman–Crippen MR) is 106 cm³/mol. The molecule has 0 bridgehead atoms. The number of benzene rings is 1. The lowest BCUT2D eigenvalue weighted by Crippen LogP contribution is -2.27. The summed E-state index contributed by atoms with van der Waals surface area (Å²) in [4.78, 5) is 24.7. The summed E-state index contributed by atoms with van der Waals surface area (Å²) >= 11 is 6.42. The lowest BCUT2D eigenvalue weighted by Gasteiger charge is -2.10. The molecule has 0 radical (unpaired) electrons. The average Bonchev–Trinajstić information content (AvgIpc) is 3.15. The Morgan fingerprint density at radius 2 is 2.15 bits per heavy atom. The number of hydrogen-bond donors (Lipinski definition) is 0. The Bertz CT molecular complexity index is 962. The standard InChI is InChI=1S/C18H14N2O4S2/c1-3-8-19-17(21)16(26-18(19)25)10-13-5-7-15(24-13)14-6-4-12(20(22)23)9-11(14)2/h3-7,9-10H,1,8H2,2H3/b16-10-. The van der Waals surface area contributed by atoms with Crippen molar-refractivity contribution in [2.75, 3.05) is 6.54 Å². The van der Waals surface area contributed by atoms with Crippen LogP contribution in [-0.2, 0) is 4.79 Å². The van der Waals surface area contributed by atoms with Gasteiger partial charge in [0.15, 0.2) is 0 Å². The molecule has 6 nitrogen and oxygen atoms in total. The first-order chi connectivity index (χ1) is 12.4. The number of thiocarbonyl (C=S) groups is 1. The second-order valence-corrected chi connectivity index (χ2v) is 7.22. The molecule has 0 atom stereocenters. The zero-order valence-corrected chi connectivity index (χ0v) is 15.4. The molecule has 0 spiro atoms. The van der Waals surface area contributed by atoms with Gasteiger partial charge in [-0.05, 0) is 30.7 Å². The number of furan rings is 1. The lowest BCUT2D eigenvalue weighted by atomic mass is 10.1. The van der Waals surface area contributed by atoms with Crippen molar-refractivity contribution < 1.29 is 14.1 Å². The van der Waals surface area contributed by atoms with Crippen LogP contribution in [-0.4, -0.2) is 26.6 Å². The maximum atomic E-state index is 12.3. The molecule has 132 valence electrons. The minimum absolute atomic E-state index is 0.0314. The van der Waals surface area contributed by atoms with Crippen molar-refractivity contribution in [3.63, 3.8) is 0 Å². The summed E-state index contributed by atoms with van der Waals surface area (Å²) in [6.07, 6.45) is 3.27. The Morgan fingerprint density at radius 1 is 1.38 bits per heavy atom. The molecule has 1 aliphatic heterocycles. The second-order valence-electron chi connectivity index (χ2n) is 5.54. The van der Waals surface area contributed by atoms with Crippen LogP contribution in [0, 0.1) is 17.0 Å². The van der Waals surface area contributed by atoms with Gasteiger partial charge in [-0.3, -0.25) is 19.8 Å². The van der Waals surface area contributed by atoms with Crippen molar-refractivity contribution in [2.45, 2.75) is 6.92 Å². The van der Waals surface area contributed by atoms with E-state index >= 15 is 0 Å². The maximum Gasteiger partial charge on any atom is 0.269 e. The Labute approximate surface area is 159 Å². The first-order valence-corrected chi connectivity index (χ1v) is 8.84. The zero-order valence-electron chi connectivity index (χ0n) is 13.8. The van der Waals surface area contributed by atoms with E-state index in [9.17, 15) is 14.9 Å². The van der Waals surface area contributed by atoms with Crippen LogP contribution >= 0.6 is 24.0 Å². The molecular weight excluding hydrogens is 372 g/mol. The lowest BCUT2D eigenvalue weighted by molar-refractivity contribution is -0.384. The first-order valence-electron chi connectivity index (χ1n) is 7.62. The van der Waals surface area contributed by atoms with E-state index in [0.717, 1.165) is 11.1 Å². The van der Waals surface area contributed by atoms with Crippen LogP contribution in [0.1, 0.15) is 11.3 Å². The molecule has 26 heavy (non-hydrogen) atoms. The van der Waals surface area contributed by atoms with Crippen molar-refractivity contribution >= 4 is 46.0 Å². The predicted octanol–water partition coefficient (Wildman–Crippen LogP) is 4.55. The highest BCUT2D eigenvalue weighted by Gasteiger charge is 2.31. The van der Waals surface area contributed by atoms with Gasteiger partial charge in [-0.2, -0.15) is 0 Å². The molecule has 1 amide bonds. The van der Waals surface area contributed by atoms with Crippen molar-refractivity contribution in [3.8, 4) is 11.3 Å². The third-order valence-corrected chi connectivity index (χ3v) is 5.15. The molecule has 3 rings (SSSR count). The highest BCUT2D eigenvalue weighted by Crippen LogP contribution is 2.34. The molecule has 8 heteroatoms. The summed E-state index contributed by atoms with van der Waals surface area (Å²) < 4.78 is 6.28. The van der Waals surface area contributed by atoms with Gasteiger partial charge in [-0.1, -0.05) is 30.1 Å². The van der Waals surface area contributed by atoms with Crippen LogP contribution in [0.2, 0.25) is 0 Å². The topological polar surface area (TPSA) is 76.6 Å². The van der Waals surface area contributed by atoms with E-state index in [1.807, 2.05) is 0 Å². The van der Waals surface area contributed by atoms with Crippen LogP contribution < -0.4 is 0 Å². The molecule has 0 aliphatic carbocycles. The number of carbonyl (C=O) groups excluding carboxylic acids is 1. The molecular formula is C18H14N2O4S2. The van der Waals surface area contributed by atoms with Crippen molar-refractivity contribution in [3.05, 3.63) is 69.3 Å². The van der Waals surface area contributed by atoms with E-state index in [4.69, 9.17) is 16.6 Å². The largest absolute Gasteiger partial charge is 0.457 e. The SMILES string of the molecule is C=CCN1C(=O)/C(=C/c2ccc(-c3ccc([N+](=O)[O-])cc3C)o2)SC1=S. The highest BCUT2D eigenvalue weighted by molar-refractivity contribution is 8.26. The summed E-state index contributed by atoms with van der Waals surface area (Å²) in [5.74, 6) is 0.909. The average molecular weight is 386 g/mol. The van der Waals surface area contributed by atoms with Gasteiger partial charge in [0.2, 0.25) is 0 Å². The van der Waals surface area contributed by atoms with E-state index in [-0.39, 0.29) is 11.6 Å². The number of hydrogen-bond acceptors (Lipinski definition) is 6. The molecule has 1 aromatic heterocycles. The molecule has 0 unspecified atom stereocenters. The quantitative estimate of drug-likeness (QED) is 0.247. The Kier molecular flexibility index (Phi) is 5.06. The van der Waals surface area contributed by atoms with Gasteiger partial charge in [0.25, 0.3) is 11.6 Å². The number of non-ortho nitro benzene ring substituents is 1. The van der Waals surface area contributed by atoms with Gasteiger partial charge < -0.3 is 4.42 Å². The summed E-state index contributed by atoms with van der Waals surface area (Å²) in [5, 5.41) is 10.8. The number of carbonyl (C=O) groups is 1. The van der Waals surface area contributed by atoms with Crippen LogP contribution in [0.4, 0.5) is 5.69 Å². The van der Waals surface area contributed by atoms with Crippen LogP contribution in [0.5, 0.6) is 0 Å². The summed E-state index contributed by atoms with van der Waals surface area (Å²) in [7, 11) is 0. The Balaban J connectivity index is 1.87. The van der Waals surface area contributed by atoms with Gasteiger partial charge in [0.05, 0.1) is 9.83 Å².